The molecule has 1 aliphatic rings. The van der Waals surface area contributed by atoms with Crippen molar-refractivity contribution in [1.29, 1.82) is 0 Å². The van der Waals surface area contributed by atoms with Crippen LogP contribution in [0.15, 0.2) is 42.6 Å². The average molecular weight is 371 g/mol. The van der Waals surface area contributed by atoms with Crippen molar-refractivity contribution < 1.29 is 13.9 Å². The minimum Gasteiger partial charge on any atom is -0.372 e. The van der Waals surface area contributed by atoms with Gasteiger partial charge in [0.15, 0.2) is 0 Å². The summed E-state index contributed by atoms with van der Waals surface area (Å²) in [5, 5.41) is 2.89. The standard InChI is InChI=1S/C21H26FN3O2/c1-15-13-25(14-16(2)27-15)20-8-6-18(11-23-20)12-24-21(26)9-7-17-4-3-5-19(22)10-17/h3-6,8,10-11,15-16H,7,9,12-14H2,1-2H3,(H,24,26)/t15-,16-/m1/s1. The summed E-state index contributed by atoms with van der Waals surface area (Å²) in [5.41, 5.74) is 1.78. The smallest absolute Gasteiger partial charge is 0.220 e. The summed E-state index contributed by atoms with van der Waals surface area (Å²) in [6.45, 7) is 6.22. The Morgan fingerprint density at radius 3 is 2.67 bits per heavy atom. The molecule has 0 radical (unpaired) electrons. The normalized spacial score (nSPS) is 19.7. The number of hydrogen-bond donors (Lipinski definition) is 1. The van der Waals surface area contributed by atoms with Crippen LogP contribution in [0.5, 0.6) is 0 Å². The van der Waals surface area contributed by atoms with Crippen molar-refractivity contribution in [3.8, 4) is 0 Å². The molecule has 1 aromatic carbocycles. The lowest BCUT2D eigenvalue weighted by Gasteiger charge is -2.36. The number of pyridine rings is 1. The number of morpholine rings is 1. The van der Waals surface area contributed by atoms with Crippen LogP contribution in [0.4, 0.5) is 10.2 Å². The van der Waals surface area contributed by atoms with E-state index in [1.165, 1.54) is 12.1 Å². The Bertz CT molecular complexity index is 756. The fraction of sp³-hybridized carbons (Fsp3) is 0.429. The van der Waals surface area contributed by atoms with Gasteiger partial charge in [-0.1, -0.05) is 18.2 Å². The molecule has 0 aliphatic carbocycles. The minimum absolute atomic E-state index is 0.0563. The quantitative estimate of drug-likeness (QED) is 0.848. The highest BCUT2D eigenvalue weighted by molar-refractivity contribution is 5.76. The van der Waals surface area contributed by atoms with E-state index < -0.39 is 0 Å². The lowest BCUT2D eigenvalue weighted by atomic mass is 10.1. The molecule has 3 rings (SSSR count). The summed E-state index contributed by atoms with van der Waals surface area (Å²) in [6, 6.07) is 10.3. The lowest BCUT2D eigenvalue weighted by Crippen LogP contribution is -2.45. The Morgan fingerprint density at radius 1 is 1.22 bits per heavy atom. The van der Waals surface area contributed by atoms with Crippen LogP contribution in [0, 0.1) is 5.82 Å². The fourth-order valence-electron chi connectivity index (χ4n) is 3.31. The minimum atomic E-state index is -0.275. The zero-order valence-corrected chi connectivity index (χ0v) is 15.8. The largest absolute Gasteiger partial charge is 0.372 e. The molecule has 2 atom stereocenters. The summed E-state index contributed by atoms with van der Waals surface area (Å²) in [7, 11) is 0. The van der Waals surface area contributed by atoms with E-state index in [1.54, 1.807) is 12.3 Å². The number of anilines is 1. The Balaban J connectivity index is 1.46. The molecule has 2 heterocycles. The van der Waals surface area contributed by atoms with Crippen molar-refractivity contribution in [2.75, 3.05) is 18.0 Å². The number of halogens is 1. The van der Waals surface area contributed by atoms with E-state index >= 15 is 0 Å². The van der Waals surface area contributed by atoms with Gasteiger partial charge in [0, 0.05) is 32.3 Å². The second-order valence-electron chi connectivity index (χ2n) is 7.09. The highest BCUT2D eigenvalue weighted by atomic mass is 19.1. The Labute approximate surface area is 159 Å². The number of nitrogens with zero attached hydrogens (tertiary/aromatic N) is 2. The third-order valence-corrected chi connectivity index (χ3v) is 4.57. The maximum absolute atomic E-state index is 13.2. The van der Waals surface area contributed by atoms with Crippen molar-refractivity contribution in [1.82, 2.24) is 10.3 Å². The van der Waals surface area contributed by atoms with Gasteiger partial charge in [-0.25, -0.2) is 9.37 Å². The van der Waals surface area contributed by atoms with Crippen LogP contribution in [0.2, 0.25) is 0 Å². The van der Waals surface area contributed by atoms with E-state index in [0.717, 1.165) is 30.0 Å². The first-order chi connectivity index (χ1) is 13.0. The van der Waals surface area contributed by atoms with Crippen molar-refractivity contribution >= 4 is 11.7 Å². The molecule has 1 aromatic heterocycles. The summed E-state index contributed by atoms with van der Waals surface area (Å²) in [6.07, 6.45) is 3.03. The van der Waals surface area contributed by atoms with E-state index in [9.17, 15) is 9.18 Å². The maximum Gasteiger partial charge on any atom is 0.220 e. The topological polar surface area (TPSA) is 54.5 Å². The zero-order valence-electron chi connectivity index (χ0n) is 15.8. The number of hydrogen-bond acceptors (Lipinski definition) is 4. The molecule has 0 bridgehead atoms. The third kappa shape index (κ3) is 5.76. The van der Waals surface area contributed by atoms with Crippen LogP contribution >= 0.6 is 0 Å². The predicted molar refractivity (Wildman–Crippen MR) is 103 cm³/mol. The van der Waals surface area contributed by atoms with Crippen molar-refractivity contribution in [3.63, 3.8) is 0 Å². The number of rotatable bonds is 6. The summed E-state index contributed by atoms with van der Waals surface area (Å²) < 4.78 is 18.9. The van der Waals surface area contributed by atoms with Crippen LogP contribution in [0.3, 0.4) is 0 Å². The van der Waals surface area contributed by atoms with Crippen molar-refractivity contribution in [2.24, 2.45) is 0 Å². The molecule has 6 heteroatoms. The predicted octanol–water partition coefficient (Wildman–Crippen LogP) is 3.08. The molecule has 5 nitrogen and oxygen atoms in total. The van der Waals surface area contributed by atoms with E-state index in [-0.39, 0.29) is 23.9 Å². The Hall–Kier alpha value is -2.47. The van der Waals surface area contributed by atoms with Gasteiger partial charge in [-0.05, 0) is 49.6 Å². The van der Waals surface area contributed by atoms with Crippen LogP contribution in [-0.2, 0) is 22.5 Å². The van der Waals surface area contributed by atoms with Crippen LogP contribution in [-0.4, -0.2) is 36.2 Å². The zero-order chi connectivity index (χ0) is 19.2. The SMILES string of the molecule is C[C@@H]1CN(c2ccc(CNC(=O)CCc3cccc(F)c3)cn2)C[C@@H](C)O1. The molecule has 1 aliphatic heterocycles. The molecule has 27 heavy (non-hydrogen) atoms. The van der Waals surface area contributed by atoms with Crippen LogP contribution in [0.25, 0.3) is 0 Å². The molecule has 1 N–H and O–H groups in total. The molecule has 0 spiro atoms. The molecular formula is C21H26FN3O2. The highest BCUT2D eigenvalue weighted by Gasteiger charge is 2.22. The van der Waals surface area contributed by atoms with E-state index in [1.807, 2.05) is 18.2 Å². The summed E-state index contributed by atoms with van der Waals surface area (Å²) in [4.78, 5) is 18.8. The first-order valence-electron chi connectivity index (χ1n) is 9.36. The molecule has 0 unspecified atom stereocenters. The van der Waals surface area contributed by atoms with Crippen molar-refractivity contribution in [3.05, 3.63) is 59.5 Å². The summed E-state index contributed by atoms with van der Waals surface area (Å²) >= 11 is 0. The van der Waals surface area contributed by atoms with Crippen LogP contribution in [0.1, 0.15) is 31.4 Å². The van der Waals surface area contributed by atoms with Gasteiger partial charge in [-0.15, -0.1) is 0 Å². The first kappa shape index (κ1) is 19.3. The van der Waals surface area contributed by atoms with Gasteiger partial charge >= 0.3 is 0 Å². The van der Waals surface area contributed by atoms with E-state index in [2.05, 4.69) is 29.0 Å². The lowest BCUT2D eigenvalue weighted by molar-refractivity contribution is -0.121. The fourth-order valence-corrected chi connectivity index (χ4v) is 3.31. The van der Waals surface area contributed by atoms with Gasteiger partial charge in [-0.2, -0.15) is 0 Å². The maximum atomic E-state index is 13.2. The third-order valence-electron chi connectivity index (χ3n) is 4.57. The number of aryl methyl sites for hydroxylation is 1. The highest BCUT2D eigenvalue weighted by Crippen LogP contribution is 2.18. The molecule has 1 saturated heterocycles. The molecular weight excluding hydrogens is 345 g/mol. The Morgan fingerprint density at radius 2 is 2.00 bits per heavy atom. The number of aromatic nitrogens is 1. The molecule has 144 valence electrons. The number of amides is 1. The second kappa shape index (κ2) is 8.95. The van der Waals surface area contributed by atoms with Gasteiger partial charge in [0.25, 0.3) is 0 Å². The van der Waals surface area contributed by atoms with Crippen molar-refractivity contribution in [2.45, 2.75) is 45.4 Å². The first-order valence-corrected chi connectivity index (χ1v) is 9.36. The monoisotopic (exact) mass is 371 g/mol. The number of carbonyl (C=O) groups is 1. The van der Waals surface area contributed by atoms with Gasteiger partial charge < -0.3 is 15.0 Å². The molecule has 1 amide bonds. The second-order valence-corrected chi connectivity index (χ2v) is 7.09. The van der Waals surface area contributed by atoms with Gasteiger partial charge in [0.05, 0.1) is 12.2 Å². The summed E-state index contributed by atoms with van der Waals surface area (Å²) in [5.74, 6) is 0.598. The number of carbonyl (C=O) groups excluding carboxylic acids is 1. The van der Waals surface area contributed by atoms with Gasteiger partial charge in [0.1, 0.15) is 11.6 Å². The molecule has 2 aromatic rings. The average Bonchev–Trinajstić information content (AvgIpc) is 2.64. The van der Waals surface area contributed by atoms with E-state index in [4.69, 9.17) is 4.74 Å². The van der Waals surface area contributed by atoms with Gasteiger partial charge in [-0.3, -0.25) is 4.79 Å². The number of nitrogens with one attached hydrogen (secondary N) is 1. The number of benzene rings is 1. The molecule has 1 fully saturated rings. The van der Waals surface area contributed by atoms with Crippen LogP contribution < -0.4 is 10.2 Å². The Kier molecular flexibility index (Phi) is 6.40. The van der Waals surface area contributed by atoms with E-state index in [0.29, 0.717) is 19.4 Å². The number of ether oxygens (including phenoxy) is 1. The van der Waals surface area contributed by atoms with Gasteiger partial charge in [0.2, 0.25) is 5.91 Å². The molecule has 0 saturated carbocycles.